The van der Waals surface area contributed by atoms with Crippen molar-refractivity contribution in [2.75, 3.05) is 0 Å². The summed E-state index contributed by atoms with van der Waals surface area (Å²) < 4.78 is 0. The quantitative estimate of drug-likeness (QED) is 0.794. The molecule has 1 aromatic heterocycles. The summed E-state index contributed by atoms with van der Waals surface area (Å²) in [6, 6.07) is 3.70. The van der Waals surface area contributed by atoms with E-state index in [0.29, 0.717) is 11.5 Å². The molecule has 3 nitrogen and oxygen atoms in total. The lowest BCUT2D eigenvalue weighted by Gasteiger charge is -2.17. The Morgan fingerprint density at radius 2 is 2.14 bits per heavy atom. The molecule has 0 saturated heterocycles. The summed E-state index contributed by atoms with van der Waals surface area (Å²) in [6.45, 7) is 6.15. The van der Waals surface area contributed by atoms with Crippen molar-refractivity contribution in [3.8, 4) is 0 Å². The molecule has 0 spiro atoms. The smallest absolute Gasteiger partial charge is 0.253 e. The van der Waals surface area contributed by atoms with Crippen LogP contribution in [0.15, 0.2) is 24.5 Å². The van der Waals surface area contributed by atoms with Crippen molar-refractivity contribution in [2.45, 2.75) is 26.8 Å². The second-order valence-corrected chi connectivity index (χ2v) is 3.75. The van der Waals surface area contributed by atoms with E-state index >= 15 is 0 Å². The van der Waals surface area contributed by atoms with Crippen LogP contribution in [0.2, 0.25) is 0 Å². The molecule has 1 rings (SSSR count). The number of hydrogen-bond donors (Lipinski definition) is 1. The monoisotopic (exact) mass is 192 g/mol. The number of carbonyl (C=O) groups excluding carboxylic acids is 1. The lowest BCUT2D eigenvalue weighted by Crippen LogP contribution is -2.36. The van der Waals surface area contributed by atoms with Crippen molar-refractivity contribution in [1.29, 1.82) is 0 Å². The minimum Gasteiger partial charge on any atom is -0.349 e. The number of rotatable bonds is 3. The van der Waals surface area contributed by atoms with Gasteiger partial charge in [-0.2, -0.15) is 0 Å². The molecule has 0 aliphatic carbocycles. The molecule has 1 aromatic rings. The zero-order valence-corrected chi connectivity index (χ0v) is 8.82. The van der Waals surface area contributed by atoms with Gasteiger partial charge in [0.2, 0.25) is 0 Å². The van der Waals surface area contributed by atoms with Crippen molar-refractivity contribution >= 4 is 5.91 Å². The fourth-order valence-corrected chi connectivity index (χ4v) is 0.954. The van der Waals surface area contributed by atoms with Gasteiger partial charge in [-0.1, -0.05) is 13.8 Å². The minimum atomic E-state index is -0.0562. The lowest BCUT2D eigenvalue weighted by atomic mass is 10.1. The molecule has 1 atom stereocenters. The fourth-order valence-electron chi connectivity index (χ4n) is 0.954. The lowest BCUT2D eigenvalue weighted by molar-refractivity contribution is 0.0930. The molecule has 0 aliphatic rings. The van der Waals surface area contributed by atoms with Crippen LogP contribution in [-0.4, -0.2) is 16.9 Å². The van der Waals surface area contributed by atoms with E-state index in [0.717, 1.165) is 0 Å². The molecule has 0 aromatic carbocycles. The van der Waals surface area contributed by atoms with Gasteiger partial charge in [0, 0.05) is 18.4 Å². The van der Waals surface area contributed by atoms with Crippen molar-refractivity contribution in [3.05, 3.63) is 30.1 Å². The summed E-state index contributed by atoms with van der Waals surface area (Å²) in [7, 11) is 0. The Kier molecular flexibility index (Phi) is 3.63. The SMILES string of the molecule is CC(C)[C@H](C)NC(=O)c1cccnc1. The number of carbonyl (C=O) groups is 1. The van der Waals surface area contributed by atoms with Gasteiger partial charge in [-0.15, -0.1) is 0 Å². The molecule has 0 bridgehead atoms. The number of nitrogens with one attached hydrogen (secondary N) is 1. The first-order chi connectivity index (χ1) is 6.61. The van der Waals surface area contributed by atoms with Crippen molar-refractivity contribution in [3.63, 3.8) is 0 Å². The zero-order chi connectivity index (χ0) is 10.6. The van der Waals surface area contributed by atoms with Crippen molar-refractivity contribution in [1.82, 2.24) is 10.3 Å². The molecule has 1 N–H and O–H groups in total. The maximum Gasteiger partial charge on any atom is 0.253 e. The Bertz CT molecular complexity index is 295. The first-order valence-corrected chi connectivity index (χ1v) is 4.82. The van der Waals surface area contributed by atoms with Gasteiger partial charge in [0.1, 0.15) is 0 Å². The highest BCUT2D eigenvalue weighted by atomic mass is 16.1. The van der Waals surface area contributed by atoms with E-state index in [9.17, 15) is 4.79 Å². The molecule has 1 heterocycles. The number of pyridine rings is 1. The highest BCUT2D eigenvalue weighted by molar-refractivity contribution is 5.93. The van der Waals surface area contributed by atoms with Crippen LogP contribution in [0, 0.1) is 5.92 Å². The van der Waals surface area contributed by atoms with E-state index in [4.69, 9.17) is 0 Å². The van der Waals surface area contributed by atoms with Crippen LogP contribution in [0.3, 0.4) is 0 Å². The summed E-state index contributed by atoms with van der Waals surface area (Å²) in [5.41, 5.74) is 0.611. The van der Waals surface area contributed by atoms with Gasteiger partial charge >= 0.3 is 0 Å². The predicted molar refractivity (Wildman–Crippen MR) is 56.0 cm³/mol. The van der Waals surface area contributed by atoms with Crippen molar-refractivity contribution < 1.29 is 4.79 Å². The maximum absolute atomic E-state index is 11.6. The fraction of sp³-hybridized carbons (Fsp3) is 0.455. The third-order valence-corrected chi connectivity index (χ3v) is 2.28. The number of amides is 1. The van der Waals surface area contributed by atoms with Crippen LogP contribution < -0.4 is 5.32 Å². The first-order valence-electron chi connectivity index (χ1n) is 4.82. The average molecular weight is 192 g/mol. The normalized spacial score (nSPS) is 12.6. The predicted octanol–water partition coefficient (Wildman–Crippen LogP) is 1.86. The molecule has 3 heteroatoms. The molecule has 0 fully saturated rings. The van der Waals surface area contributed by atoms with Crippen LogP contribution in [-0.2, 0) is 0 Å². The third kappa shape index (κ3) is 2.83. The summed E-state index contributed by atoms with van der Waals surface area (Å²) in [4.78, 5) is 15.5. The van der Waals surface area contributed by atoms with Gasteiger partial charge < -0.3 is 5.32 Å². The highest BCUT2D eigenvalue weighted by Gasteiger charge is 2.11. The molecule has 0 radical (unpaired) electrons. The molecular formula is C11H16N2O. The number of hydrogen-bond acceptors (Lipinski definition) is 2. The Balaban J connectivity index is 2.60. The molecule has 0 aliphatic heterocycles. The summed E-state index contributed by atoms with van der Waals surface area (Å²) >= 11 is 0. The molecule has 14 heavy (non-hydrogen) atoms. The van der Waals surface area contributed by atoms with Crippen LogP contribution in [0.5, 0.6) is 0 Å². The highest BCUT2D eigenvalue weighted by Crippen LogP contribution is 2.02. The second kappa shape index (κ2) is 4.74. The van der Waals surface area contributed by atoms with Crippen LogP contribution in [0.4, 0.5) is 0 Å². The topological polar surface area (TPSA) is 42.0 Å². The number of nitrogens with zero attached hydrogens (tertiary/aromatic N) is 1. The van der Waals surface area contributed by atoms with E-state index in [1.54, 1.807) is 24.5 Å². The van der Waals surface area contributed by atoms with Crippen LogP contribution in [0.25, 0.3) is 0 Å². The molecule has 0 unspecified atom stereocenters. The van der Waals surface area contributed by atoms with Gasteiger partial charge in [0.15, 0.2) is 0 Å². The van der Waals surface area contributed by atoms with Crippen LogP contribution >= 0.6 is 0 Å². The summed E-state index contributed by atoms with van der Waals surface area (Å²) in [5, 5.41) is 2.92. The largest absolute Gasteiger partial charge is 0.349 e. The van der Waals surface area contributed by atoms with Crippen LogP contribution in [0.1, 0.15) is 31.1 Å². The first kappa shape index (κ1) is 10.7. The maximum atomic E-state index is 11.6. The molecular weight excluding hydrogens is 176 g/mol. The van der Waals surface area contributed by atoms with Crippen molar-refractivity contribution in [2.24, 2.45) is 5.92 Å². The molecule has 76 valence electrons. The Morgan fingerprint density at radius 3 is 2.64 bits per heavy atom. The molecule has 1 amide bonds. The second-order valence-electron chi connectivity index (χ2n) is 3.75. The zero-order valence-electron chi connectivity index (χ0n) is 8.82. The summed E-state index contributed by atoms with van der Waals surface area (Å²) in [6.07, 6.45) is 3.23. The Labute approximate surface area is 84.6 Å². The van der Waals surface area contributed by atoms with Gasteiger partial charge in [-0.3, -0.25) is 9.78 Å². The third-order valence-electron chi connectivity index (χ3n) is 2.28. The van der Waals surface area contributed by atoms with Gasteiger partial charge in [0.25, 0.3) is 5.91 Å². The van der Waals surface area contributed by atoms with E-state index in [2.05, 4.69) is 24.1 Å². The van der Waals surface area contributed by atoms with Gasteiger partial charge in [0.05, 0.1) is 5.56 Å². The van der Waals surface area contributed by atoms with E-state index in [1.807, 2.05) is 6.92 Å². The minimum absolute atomic E-state index is 0.0562. The van der Waals surface area contributed by atoms with Gasteiger partial charge in [-0.25, -0.2) is 0 Å². The Hall–Kier alpha value is -1.38. The van der Waals surface area contributed by atoms with E-state index < -0.39 is 0 Å². The summed E-state index contributed by atoms with van der Waals surface area (Å²) in [5.74, 6) is 0.384. The average Bonchev–Trinajstić information content (AvgIpc) is 2.19. The Morgan fingerprint density at radius 1 is 1.43 bits per heavy atom. The van der Waals surface area contributed by atoms with E-state index in [-0.39, 0.29) is 11.9 Å². The van der Waals surface area contributed by atoms with E-state index in [1.165, 1.54) is 0 Å². The van der Waals surface area contributed by atoms with Gasteiger partial charge in [-0.05, 0) is 25.0 Å². The molecule has 0 saturated carbocycles. The number of aromatic nitrogens is 1. The standard InChI is InChI=1S/C11H16N2O/c1-8(2)9(3)13-11(14)10-5-4-6-12-7-10/h4-9H,1-3H3,(H,13,14)/t9-/m0/s1.